The van der Waals surface area contributed by atoms with Crippen LogP contribution in [0.25, 0.3) is 0 Å². The maximum absolute atomic E-state index is 6.01. The summed E-state index contributed by atoms with van der Waals surface area (Å²) in [6.45, 7) is 6.07. The van der Waals surface area contributed by atoms with Crippen LogP contribution in [0.1, 0.15) is 26.7 Å². The Labute approximate surface area is 74.2 Å². The van der Waals surface area contributed by atoms with E-state index in [1.807, 2.05) is 13.8 Å². The zero-order valence-corrected chi connectivity index (χ0v) is 8.01. The average molecular weight is 173 g/mol. The third kappa shape index (κ3) is 2.44. The van der Waals surface area contributed by atoms with Gasteiger partial charge >= 0.3 is 0 Å². The van der Waals surface area contributed by atoms with Crippen molar-refractivity contribution < 1.29 is 9.47 Å². The number of rotatable bonds is 6. The average Bonchev–Trinajstić information content (AvgIpc) is 2.78. The van der Waals surface area contributed by atoms with Crippen LogP contribution in [0.4, 0.5) is 0 Å². The molecular formula is C9H19NO2. The first-order chi connectivity index (χ1) is 5.73. The fraction of sp³-hybridized carbons (Fsp3) is 1.00. The minimum atomic E-state index is -0.0782. The second-order valence-corrected chi connectivity index (χ2v) is 3.34. The Morgan fingerprint density at radius 1 is 1.33 bits per heavy atom. The van der Waals surface area contributed by atoms with E-state index in [-0.39, 0.29) is 11.6 Å². The van der Waals surface area contributed by atoms with Gasteiger partial charge in [0.2, 0.25) is 0 Å². The Bertz CT molecular complexity index is 134. The summed E-state index contributed by atoms with van der Waals surface area (Å²) in [4.78, 5) is 0. The summed E-state index contributed by atoms with van der Waals surface area (Å²) in [5.41, 5.74) is 5.93. The third-order valence-corrected chi connectivity index (χ3v) is 2.31. The maximum atomic E-state index is 6.01. The van der Waals surface area contributed by atoms with Gasteiger partial charge < -0.3 is 15.2 Å². The zero-order valence-electron chi connectivity index (χ0n) is 8.01. The van der Waals surface area contributed by atoms with Gasteiger partial charge in [-0.05, 0) is 26.7 Å². The van der Waals surface area contributed by atoms with Crippen LogP contribution in [0.5, 0.6) is 0 Å². The lowest BCUT2D eigenvalue weighted by Gasteiger charge is -2.22. The Morgan fingerprint density at radius 3 is 2.42 bits per heavy atom. The molecule has 1 aliphatic rings. The van der Waals surface area contributed by atoms with Gasteiger partial charge in [-0.25, -0.2) is 0 Å². The van der Waals surface area contributed by atoms with Crippen LogP contribution in [0.3, 0.4) is 0 Å². The van der Waals surface area contributed by atoms with E-state index in [2.05, 4.69) is 0 Å². The topological polar surface area (TPSA) is 44.5 Å². The molecule has 0 spiro atoms. The summed E-state index contributed by atoms with van der Waals surface area (Å²) in [7, 11) is 0. The monoisotopic (exact) mass is 173 g/mol. The minimum Gasteiger partial charge on any atom is -0.379 e. The predicted octanol–water partition coefficient (Wildman–Crippen LogP) is 0.919. The van der Waals surface area contributed by atoms with Crippen LogP contribution < -0.4 is 5.73 Å². The molecular weight excluding hydrogens is 154 g/mol. The fourth-order valence-corrected chi connectivity index (χ4v) is 1.27. The molecule has 0 radical (unpaired) electrons. The number of nitrogens with two attached hydrogens (primary N) is 1. The second kappa shape index (κ2) is 4.21. The lowest BCUT2D eigenvalue weighted by molar-refractivity contribution is -0.0268. The second-order valence-electron chi connectivity index (χ2n) is 3.34. The molecule has 12 heavy (non-hydrogen) atoms. The molecule has 0 aliphatic heterocycles. The van der Waals surface area contributed by atoms with Gasteiger partial charge in [-0.1, -0.05) is 0 Å². The molecule has 0 aromatic rings. The van der Waals surface area contributed by atoms with Crippen molar-refractivity contribution in [3.8, 4) is 0 Å². The highest BCUT2D eigenvalue weighted by Crippen LogP contribution is 2.37. The van der Waals surface area contributed by atoms with Gasteiger partial charge in [0.1, 0.15) is 0 Å². The molecule has 72 valence electrons. The van der Waals surface area contributed by atoms with Crippen LogP contribution in [-0.4, -0.2) is 31.5 Å². The van der Waals surface area contributed by atoms with Crippen molar-refractivity contribution in [2.75, 3.05) is 19.8 Å². The molecule has 0 aromatic heterocycles. The Kier molecular flexibility index (Phi) is 3.50. The van der Waals surface area contributed by atoms with Gasteiger partial charge in [-0.15, -0.1) is 0 Å². The van der Waals surface area contributed by atoms with Crippen molar-refractivity contribution in [3.63, 3.8) is 0 Å². The summed E-state index contributed by atoms with van der Waals surface area (Å²) in [6.07, 6.45) is 2.25. The Hall–Kier alpha value is -0.120. The molecule has 1 saturated carbocycles. The minimum absolute atomic E-state index is 0.0782. The van der Waals surface area contributed by atoms with E-state index in [0.29, 0.717) is 6.61 Å². The molecule has 3 heteroatoms. The van der Waals surface area contributed by atoms with E-state index >= 15 is 0 Å². The van der Waals surface area contributed by atoms with E-state index in [4.69, 9.17) is 15.2 Å². The first kappa shape index (κ1) is 9.96. The van der Waals surface area contributed by atoms with Crippen LogP contribution in [0, 0.1) is 0 Å². The summed E-state index contributed by atoms with van der Waals surface area (Å²) in [6, 6.07) is 0. The predicted molar refractivity (Wildman–Crippen MR) is 48.1 cm³/mol. The Balaban J connectivity index is 2.28. The number of hydrogen-bond acceptors (Lipinski definition) is 3. The highest BCUT2D eigenvalue weighted by Gasteiger charge is 2.46. The van der Waals surface area contributed by atoms with Gasteiger partial charge in [0.25, 0.3) is 0 Å². The summed E-state index contributed by atoms with van der Waals surface area (Å²) >= 11 is 0. The quantitative estimate of drug-likeness (QED) is 0.649. The van der Waals surface area contributed by atoms with Crippen LogP contribution >= 0.6 is 0 Å². The van der Waals surface area contributed by atoms with Crippen LogP contribution in [-0.2, 0) is 9.47 Å². The number of hydrogen-bond donors (Lipinski definition) is 1. The molecule has 0 saturated heterocycles. The van der Waals surface area contributed by atoms with E-state index in [1.165, 1.54) is 0 Å². The van der Waals surface area contributed by atoms with Gasteiger partial charge in [-0.2, -0.15) is 0 Å². The SMILES string of the molecule is CCOCC(OCC)C1(N)CC1. The van der Waals surface area contributed by atoms with Crippen LogP contribution in [0.15, 0.2) is 0 Å². The van der Waals surface area contributed by atoms with Gasteiger partial charge in [0.05, 0.1) is 12.7 Å². The zero-order chi connectivity index (χ0) is 9.03. The van der Waals surface area contributed by atoms with Gasteiger partial charge in [-0.3, -0.25) is 0 Å². The molecule has 0 aromatic carbocycles. The lowest BCUT2D eigenvalue weighted by atomic mass is 10.1. The molecule has 1 aliphatic carbocycles. The maximum Gasteiger partial charge on any atom is 0.0987 e. The van der Waals surface area contributed by atoms with Crippen molar-refractivity contribution in [1.82, 2.24) is 0 Å². The van der Waals surface area contributed by atoms with Crippen LogP contribution in [0.2, 0.25) is 0 Å². The third-order valence-electron chi connectivity index (χ3n) is 2.31. The fourth-order valence-electron chi connectivity index (χ4n) is 1.27. The van der Waals surface area contributed by atoms with E-state index in [0.717, 1.165) is 26.1 Å². The van der Waals surface area contributed by atoms with Crippen molar-refractivity contribution >= 4 is 0 Å². The molecule has 2 N–H and O–H groups in total. The molecule has 1 unspecified atom stereocenters. The summed E-state index contributed by atoms with van der Waals surface area (Å²) in [5.74, 6) is 0. The largest absolute Gasteiger partial charge is 0.379 e. The van der Waals surface area contributed by atoms with Gasteiger partial charge in [0.15, 0.2) is 0 Å². The summed E-state index contributed by atoms with van der Waals surface area (Å²) in [5, 5.41) is 0. The van der Waals surface area contributed by atoms with Crippen molar-refractivity contribution in [1.29, 1.82) is 0 Å². The standard InChI is InChI=1S/C9H19NO2/c1-3-11-7-8(12-4-2)9(10)5-6-9/h8H,3-7,10H2,1-2H3. The van der Waals surface area contributed by atoms with Crippen molar-refractivity contribution in [2.45, 2.75) is 38.3 Å². The first-order valence-corrected chi connectivity index (χ1v) is 4.71. The molecule has 3 nitrogen and oxygen atoms in total. The smallest absolute Gasteiger partial charge is 0.0987 e. The van der Waals surface area contributed by atoms with E-state index in [9.17, 15) is 0 Å². The summed E-state index contributed by atoms with van der Waals surface area (Å²) < 4.78 is 10.8. The van der Waals surface area contributed by atoms with Crippen molar-refractivity contribution in [3.05, 3.63) is 0 Å². The Morgan fingerprint density at radius 2 is 2.00 bits per heavy atom. The van der Waals surface area contributed by atoms with E-state index < -0.39 is 0 Å². The molecule has 1 rings (SSSR count). The highest BCUT2D eigenvalue weighted by atomic mass is 16.5. The number of ether oxygens (including phenoxy) is 2. The van der Waals surface area contributed by atoms with E-state index in [1.54, 1.807) is 0 Å². The molecule has 0 bridgehead atoms. The molecule has 0 amide bonds. The molecule has 1 fully saturated rings. The van der Waals surface area contributed by atoms with Gasteiger partial charge in [0, 0.05) is 18.8 Å². The first-order valence-electron chi connectivity index (χ1n) is 4.71. The normalized spacial score (nSPS) is 22.2. The molecule has 0 heterocycles. The highest BCUT2D eigenvalue weighted by molar-refractivity contribution is 5.05. The molecule has 1 atom stereocenters. The lowest BCUT2D eigenvalue weighted by Crippen LogP contribution is -2.42. The van der Waals surface area contributed by atoms with Crippen molar-refractivity contribution in [2.24, 2.45) is 5.73 Å².